The quantitative estimate of drug-likeness (QED) is 0.686. The molecule has 0 aliphatic heterocycles. The van der Waals surface area contributed by atoms with Crippen LogP contribution in [0, 0.1) is 18.3 Å². The standard InChI is InChI=1S/C20H30O3/c1-15(2)11-13-20(19(21)22-4)12-5-6-18(20)23-14-17-9-7-16(3)8-10-17/h7-10,15,18H,5-6,11-14H2,1-4H3. The van der Waals surface area contributed by atoms with Crippen LogP contribution in [0.15, 0.2) is 24.3 Å². The molecule has 23 heavy (non-hydrogen) atoms. The highest BCUT2D eigenvalue weighted by Crippen LogP contribution is 2.46. The van der Waals surface area contributed by atoms with Crippen molar-refractivity contribution < 1.29 is 14.3 Å². The van der Waals surface area contributed by atoms with E-state index >= 15 is 0 Å². The van der Waals surface area contributed by atoms with E-state index in [0.29, 0.717) is 12.5 Å². The van der Waals surface area contributed by atoms with Crippen LogP contribution in [0.4, 0.5) is 0 Å². The summed E-state index contributed by atoms with van der Waals surface area (Å²) in [5.74, 6) is 0.486. The van der Waals surface area contributed by atoms with Crippen molar-refractivity contribution in [1.82, 2.24) is 0 Å². The fourth-order valence-electron chi connectivity index (χ4n) is 3.54. The van der Waals surface area contributed by atoms with Crippen molar-refractivity contribution in [1.29, 1.82) is 0 Å². The molecule has 3 nitrogen and oxygen atoms in total. The molecule has 1 saturated carbocycles. The van der Waals surface area contributed by atoms with Crippen molar-refractivity contribution in [3.05, 3.63) is 35.4 Å². The topological polar surface area (TPSA) is 35.5 Å². The highest BCUT2D eigenvalue weighted by molar-refractivity contribution is 5.78. The van der Waals surface area contributed by atoms with Gasteiger partial charge in [-0.15, -0.1) is 0 Å². The Bertz CT molecular complexity index is 506. The van der Waals surface area contributed by atoms with Crippen LogP contribution in [0.5, 0.6) is 0 Å². The lowest BCUT2D eigenvalue weighted by Crippen LogP contribution is -2.41. The van der Waals surface area contributed by atoms with E-state index < -0.39 is 5.41 Å². The predicted octanol–water partition coefficient (Wildman–Crippen LogP) is 4.66. The summed E-state index contributed by atoms with van der Waals surface area (Å²) in [5.41, 5.74) is 1.95. The van der Waals surface area contributed by atoms with Crippen LogP contribution < -0.4 is 0 Å². The molecule has 2 rings (SSSR count). The van der Waals surface area contributed by atoms with Gasteiger partial charge in [0.1, 0.15) is 0 Å². The molecule has 0 amide bonds. The molecule has 1 aliphatic rings. The van der Waals surface area contributed by atoms with Crippen molar-refractivity contribution >= 4 is 5.97 Å². The van der Waals surface area contributed by atoms with Crippen LogP contribution in [-0.2, 0) is 20.9 Å². The Morgan fingerprint density at radius 1 is 1.30 bits per heavy atom. The molecule has 0 aromatic heterocycles. The third-order valence-electron chi connectivity index (χ3n) is 5.04. The molecule has 1 aliphatic carbocycles. The first-order valence-corrected chi connectivity index (χ1v) is 8.73. The molecule has 0 saturated heterocycles. The molecule has 128 valence electrons. The summed E-state index contributed by atoms with van der Waals surface area (Å²) >= 11 is 0. The van der Waals surface area contributed by atoms with Crippen LogP contribution in [0.25, 0.3) is 0 Å². The number of aryl methyl sites for hydroxylation is 1. The first-order valence-electron chi connectivity index (χ1n) is 8.73. The summed E-state index contributed by atoms with van der Waals surface area (Å²) in [4.78, 5) is 12.5. The minimum Gasteiger partial charge on any atom is -0.469 e. The average molecular weight is 318 g/mol. The molecule has 0 radical (unpaired) electrons. The number of benzene rings is 1. The van der Waals surface area contributed by atoms with Crippen LogP contribution in [0.2, 0.25) is 0 Å². The first-order chi connectivity index (χ1) is 11.0. The summed E-state index contributed by atoms with van der Waals surface area (Å²) < 4.78 is 11.3. The van der Waals surface area contributed by atoms with Crippen LogP contribution in [-0.4, -0.2) is 19.2 Å². The molecule has 0 heterocycles. The summed E-state index contributed by atoms with van der Waals surface area (Å²) in [6.07, 6.45) is 4.71. The van der Waals surface area contributed by atoms with Gasteiger partial charge in [-0.1, -0.05) is 43.7 Å². The third kappa shape index (κ3) is 4.35. The normalized spacial score (nSPS) is 24.1. The number of hydrogen-bond acceptors (Lipinski definition) is 3. The minimum absolute atomic E-state index is 0.0324. The Kier molecular flexibility index (Phi) is 6.23. The fraction of sp³-hybridized carbons (Fsp3) is 0.650. The second-order valence-electron chi connectivity index (χ2n) is 7.26. The molecule has 1 aromatic carbocycles. The summed E-state index contributed by atoms with van der Waals surface area (Å²) in [5, 5.41) is 0. The SMILES string of the molecule is COC(=O)C1(CCC(C)C)CCCC1OCc1ccc(C)cc1. The fourth-order valence-corrected chi connectivity index (χ4v) is 3.54. The van der Waals surface area contributed by atoms with Gasteiger partial charge in [-0.3, -0.25) is 4.79 Å². The van der Waals surface area contributed by atoms with Crippen LogP contribution in [0.1, 0.15) is 57.1 Å². The van der Waals surface area contributed by atoms with Gasteiger partial charge in [-0.25, -0.2) is 0 Å². The van der Waals surface area contributed by atoms with Crippen molar-refractivity contribution in [2.45, 2.75) is 65.6 Å². The molecular formula is C20H30O3. The van der Waals surface area contributed by atoms with Gasteiger partial charge in [0.15, 0.2) is 0 Å². The highest BCUT2D eigenvalue weighted by atomic mass is 16.5. The Morgan fingerprint density at radius 2 is 2.00 bits per heavy atom. The Balaban J connectivity index is 2.07. The number of ether oxygens (including phenoxy) is 2. The van der Waals surface area contributed by atoms with Gasteiger partial charge in [0, 0.05) is 0 Å². The molecule has 2 unspecified atom stereocenters. The number of hydrogen-bond donors (Lipinski definition) is 0. The van der Waals surface area contributed by atoms with Crippen LogP contribution >= 0.6 is 0 Å². The number of methoxy groups -OCH3 is 1. The van der Waals surface area contributed by atoms with Crippen molar-refractivity contribution in [3.8, 4) is 0 Å². The lowest BCUT2D eigenvalue weighted by atomic mass is 9.78. The lowest BCUT2D eigenvalue weighted by molar-refractivity contribution is -0.163. The van der Waals surface area contributed by atoms with E-state index in [9.17, 15) is 4.79 Å². The van der Waals surface area contributed by atoms with Gasteiger partial charge in [-0.05, 0) is 50.5 Å². The monoisotopic (exact) mass is 318 g/mol. The van der Waals surface area contributed by atoms with Crippen molar-refractivity contribution in [2.24, 2.45) is 11.3 Å². The molecule has 2 atom stereocenters. The minimum atomic E-state index is -0.455. The van der Waals surface area contributed by atoms with E-state index in [4.69, 9.17) is 9.47 Å². The van der Waals surface area contributed by atoms with Gasteiger partial charge >= 0.3 is 5.97 Å². The van der Waals surface area contributed by atoms with E-state index in [-0.39, 0.29) is 12.1 Å². The number of carbonyl (C=O) groups excluding carboxylic acids is 1. The lowest BCUT2D eigenvalue weighted by Gasteiger charge is -2.33. The molecule has 0 N–H and O–H groups in total. The predicted molar refractivity (Wildman–Crippen MR) is 92.1 cm³/mol. The van der Waals surface area contributed by atoms with E-state index in [1.807, 2.05) is 0 Å². The van der Waals surface area contributed by atoms with Gasteiger partial charge in [-0.2, -0.15) is 0 Å². The molecule has 0 spiro atoms. The van der Waals surface area contributed by atoms with E-state index in [1.165, 1.54) is 12.7 Å². The maximum atomic E-state index is 12.5. The summed E-state index contributed by atoms with van der Waals surface area (Å²) in [7, 11) is 1.49. The molecule has 1 fully saturated rings. The Labute approximate surface area is 140 Å². The number of rotatable bonds is 7. The second kappa shape index (κ2) is 7.96. The maximum Gasteiger partial charge on any atom is 0.314 e. The number of esters is 1. The van der Waals surface area contributed by atoms with Gasteiger partial charge in [0.2, 0.25) is 0 Å². The zero-order chi connectivity index (χ0) is 16.9. The number of carbonyl (C=O) groups is 1. The summed E-state index contributed by atoms with van der Waals surface area (Å²) in [6, 6.07) is 8.38. The zero-order valence-corrected chi connectivity index (χ0v) is 14.9. The van der Waals surface area contributed by atoms with E-state index in [0.717, 1.165) is 37.7 Å². The molecule has 1 aromatic rings. The van der Waals surface area contributed by atoms with Crippen molar-refractivity contribution in [2.75, 3.05) is 7.11 Å². The van der Waals surface area contributed by atoms with Gasteiger partial charge in [0.05, 0.1) is 25.2 Å². The maximum absolute atomic E-state index is 12.5. The first kappa shape index (κ1) is 18.0. The van der Waals surface area contributed by atoms with E-state index in [1.54, 1.807) is 0 Å². The van der Waals surface area contributed by atoms with Crippen molar-refractivity contribution in [3.63, 3.8) is 0 Å². The summed E-state index contributed by atoms with van der Waals surface area (Å²) in [6.45, 7) is 7.03. The molecular weight excluding hydrogens is 288 g/mol. The highest BCUT2D eigenvalue weighted by Gasteiger charge is 2.50. The zero-order valence-electron chi connectivity index (χ0n) is 14.9. The smallest absolute Gasteiger partial charge is 0.314 e. The molecule has 3 heteroatoms. The Hall–Kier alpha value is -1.35. The second-order valence-corrected chi connectivity index (χ2v) is 7.26. The van der Waals surface area contributed by atoms with Gasteiger partial charge < -0.3 is 9.47 Å². The largest absolute Gasteiger partial charge is 0.469 e. The Morgan fingerprint density at radius 3 is 2.61 bits per heavy atom. The third-order valence-corrected chi connectivity index (χ3v) is 5.04. The molecule has 0 bridgehead atoms. The van der Waals surface area contributed by atoms with Crippen LogP contribution in [0.3, 0.4) is 0 Å². The van der Waals surface area contributed by atoms with Gasteiger partial charge in [0.25, 0.3) is 0 Å². The average Bonchev–Trinajstić information content (AvgIpc) is 2.95. The van der Waals surface area contributed by atoms with E-state index in [2.05, 4.69) is 45.0 Å².